The lowest BCUT2D eigenvalue weighted by atomic mass is 9.85. The van der Waals surface area contributed by atoms with Crippen LogP contribution in [0.2, 0.25) is 0 Å². The maximum absolute atomic E-state index is 14.7. The van der Waals surface area contributed by atoms with Crippen LogP contribution in [0.25, 0.3) is 0 Å². The number of carboxylic acids is 2. The van der Waals surface area contributed by atoms with Gasteiger partial charge in [-0.2, -0.15) is 0 Å². The molecule has 0 bridgehead atoms. The molecule has 11 heteroatoms. The summed E-state index contributed by atoms with van der Waals surface area (Å²) in [7, 11) is 0. The third-order valence-electron chi connectivity index (χ3n) is 6.84. The van der Waals surface area contributed by atoms with E-state index >= 15 is 0 Å². The Bertz CT molecular complexity index is 1030. The highest BCUT2D eigenvalue weighted by molar-refractivity contribution is 6.02. The number of aromatic carboxylic acids is 2. The molecule has 1 aliphatic carbocycles. The number of carboxylic acid groups (broad SMARTS) is 2. The number of rotatable bonds is 8. The normalized spacial score (nSPS) is 20.6. The molecule has 2 aliphatic rings. The molecule has 1 heterocycles. The molecule has 0 aromatic heterocycles. The maximum Gasteiger partial charge on any atom is 0.410 e. The summed E-state index contributed by atoms with van der Waals surface area (Å²) in [5.74, 6) is -6.80. The van der Waals surface area contributed by atoms with Crippen LogP contribution in [0, 0.1) is 17.6 Å². The van der Waals surface area contributed by atoms with Gasteiger partial charge in [-0.05, 0) is 59.4 Å². The number of piperidine rings is 1. The minimum absolute atomic E-state index is 0.122. The first-order valence-electron chi connectivity index (χ1n) is 12.6. The fraction of sp³-hybridized carbons (Fsp3) is 0.654. The van der Waals surface area contributed by atoms with Crippen LogP contribution in [0.3, 0.4) is 0 Å². The number of carbonyl (C=O) groups is 3. The average Bonchev–Trinajstić information content (AvgIpc) is 2.74. The van der Waals surface area contributed by atoms with E-state index in [1.54, 1.807) is 4.90 Å². The third kappa shape index (κ3) is 6.88. The average molecular weight is 527 g/mol. The van der Waals surface area contributed by atoms with E-state index in [9.17, 15) is 28.3 Å². The Hall–Kier alpha value is -2.95. The lowest BCUT2D eigenvalue weighted by molar-refractivity contribution is -0.0158. The fourth-order valence-electron chi connectivity index (χ4n) is 4.86. The zero-order valence-electron chi connectivity index (χ0n) is 21.9. The molecule has 1 saturated carbocycles. The highest BCUT2D eigenvalue weighted by Crippen LogP contribution is 2.36. The predicted octanol–water partition coefficient (Wildman–Crippen LogP) is 4.63. The van der Waals surface area contributed by atoms with E-state index in [1.165, 1.54) is 0 Å². The lowest BCUT2D eigenvalue weighted by Crippen LogP contribution is -2.54. The van der Waals surface area contributed by atoms with E-state index in [0.29, 0.717) is 37.9 Å². The van der Waals surface area contributed by atoms with Crippen molar-refractivity contribution >= 4 is 18.0 Å². The van der Waals surface area contributed by atoms with Crippen LogP contribution in [0.5, 0.6) is 5.75 Å². The standard InChI is InChI=1S/C26H36F2N2O7/c1-14(2)30(13-15-6-8-29(9-7-15)25(35)37-26(3,4)5)16-10-17(11-16)36-22-19(27)12-18(23(31)32)20(21(22)28)24(33)34/h12,14-17H,6-11,13H2,1-5H3,(H,31,32)(H,33,34). The molecule has 9 nitrogen and oxygen atoms in total. The Balaban J connectivity index is 1.58. The van der Waals surface area contributed by atoms with E-state index in [4.69, 9.17) is 14.6 Å². The Morgan fingerprint density at radius 3 is 2.19 bits per heavy atom. The summed E-state index contributed by atoms with van der Waals surface area (Å²) in [5.41, 5.74) is -2.63. The van der Waals surface area contributed by atoms with Crippen molar-refractivity contribution in [3.05, 3.63) is 28.8 Å². The maximum atomic E-state index is 14.7. The molecule has 37 heavy (non-hydrogen) atoms. The van der Waals surface area contributed by atoms with Gasteiger partial charge in [0.15, 0.2) is 17.4 Å². The molecule has 0 atom stereocenters. The minimum atomic E-state index is -1.81. The van der Waals surface area contributed by atoms with Gasteiger partial charge in [-0.3, -0.25) is 4.90 Å². The second-order valence-corrected chi connectivity index (χ2v) is 11.1. The summed E-state index contributed by atoms with van der Waals surface area (Å²) >= 11 is 0. The number of benzene rings is 1. The van der Waals surface area contributed by atoms with Crippen LogP contribution in [-0.2, 0) is 4.74 Å². The number of likely N-dealkylation sites (tertiary alicyclic amines) is 1. The summed E-state index contributed by atoms with van der Waals surface area (Å²) in [4.78, 5) is 39.0. The number of hydrogen-bond acceptors (Lipinski definition) is 6. The van der Waals surface area contributed by atoms with E-state index < -0.39 is 52.2 Å². The minimum Gasteiger partial charge on any atom is -0.484 e. The number of amides is 1. The van der Waals surface area contributed by atoms with E-state index in [0.717, 1.165) is 19.4 Å². The molecule has 1 aromatic rings. The zero-order valence-corrected chi connectivity index (χ0v) is 21.9. The van der Waals surface area contributed by atoms with Crippen LogP contribution < -0.4 is 4.74 Å². The van der Waals surface area contributed by atoms with Gasteiger partial charge >= 0.3 is 18.0 Å². The summed E-state index contributed by atoms with van der Waals surface area (Å²) in [6.07, 6.45) is 1.86. The van der Waals surface area contributed by atoms with Gasteiger partial charge in [0.2, 0.25) is 0 Å². The van der Waals surface area contributed by atoms with Crippen LogP contribution in [0.15, 0.2) is 6.07 Å². The van der Waals surface area contributed by atoms with Gasteiger partial charge < -0.3 is 24.6 Å². The first kappa shape index (κ1) is 28.6. The predicted molar refractivity (Wildman–Crippen MR) is 130 cm³/mol. The Morgan fingerprint density at radius 1 is 1.11 bits per heavy atom. The topological polar surface area (TPSA) is 117 Å². The van der Waals surface area contributed by atoms with E-state index in [1.807, 2.05) is 20.8 Å². The van der Waals surface area contributed by atoms with Gasteiger partial charge in [0.25, 0.3) is 0 Å². The second-order valence-electron chi connectivity index (χ2n) is 11.1. The molecule has 3 rings (SSSR count). The second kappa shape index (κ2) is 11.2. The SMILES string of the molecule is CC(C)N(CC1CCN(C(=O)OC(C)(C)C)CC1)C1CC(Oc2c(F)cc(C(=O)O)c(C(=O)O)c2F)C1. The largest absolute Gasteiger partial charge is 0.484 e. The van der Waals surface area contributed by atoms with Crippen molar-refractivity contribution in [3.8, 4) is 5.75 Å². The van der Waals surface area contributed by atoms with Gasteiger partial charge in [-0.15, -0.1) is 0 Å². The van der Waals surface area contributed by atoms with Crippen molar-refractivity contribution in [1.29, 1.82) is 0 Å². The first-order chi connectivity index (χ1) is 17.2. The molecule has 1 saturated heterocycles. The van der Waals surface area contributed by atoms with Gasteiger partial charge in [0, 0.05) is 44.6 Å². The van der Waals surface area contributed by atoms with Gasteiger partial charge in [0.1, 0.15) is 17.3 Å². The van der Waals surface area contributed by atoms with Crippen LogP contribution >= 0.6 is 0 Å². The van der Waals surface area contributed by atoms with Crippen LogP contribution in [0.4, 0.5) is 13.6 Å². The molecular weight excluding hydrogens is 490 g/mol. The third-order valence-corrected chi connectivity index (χ3v) is 6.84. The number of nitrogens with zero attached hydrogens (tertiary/aromatic N) is 2. The lowest BCUT2D eigenvalue weighted by Gasteiger charge is -2.46. The molecule has 1 aromatic carbocycles. The van der Waals surface area contributed by atoms with Gasteiger partial charge in [-0.1, -0.05) is 0 Å². The van der Waals surface area contributed by atoms with Crippen molar-refractivity contribution in [1.82, 2.24) is 9.80 Å². The molecule has 1 aliphatic heterocycles. The Morgan fingerprint density at radius 2 is 1.70 bits per heavy atom. The summed E-state index contributed by atoms with van der Waals surface area (Å²) in [6.45, 7) is 11.7. The van der Waals surface area contributed by atoms with Crippen LogP contribution in [-0.4, -0.2) is 81.5 Å². The molecular formula is C26H36F2N2O7. The molecule has 206 valence electrons. The van der Waals surface area contributed by atoms with E-state index in [2.05, 4.69) is 18.7 Å². The summed E-state index contributed by atoms with van der Waals surface area (Å²) in [6, 6.07) is 0.818. The number of carbonyl (C=O) groups excluding carboxylic acids is 1. The van der Waals surface area contributed by atoms with Crippen molar-refractivity contribution in [2.45, 2.75) is 84.1 Å². The van der Waals surface area contributed by atoms with Crippen molar-refractivity contribution < 1.29 is 42.9 Å². The summed E-state index contributed by atoms with van der Waals surface area (Å²) < 4.78 is 40.1. The van der Waals surface area contributed by atoms with Crippen LogP contribution in [0.1, 0.15) is 81.0 Å². The monoisotopic (exact) mass is 526 g/mol. The van der Waals surface area contributed by atoms with Crippen molar-refractivity contribution in [3.63, 3.8) is 0 Å². The molecule has 2 fully saturated rings. The Kier molecular flexibility index (Phi) is 8.66. The molecule has 2 N–H and O–H groups in total. The molecule has 0 radical (unpaired) electrons. The molecule has 0 spiro atoms. The smallest absolute Gasteiger partial charge is 0.410 e. The number of ether oxygens (including phenoxy) is 2. The van der Waals surface area contributed by atoms with Gasteiger partial charge in [-0.25, -0.2) is 23.2 Å². The summed E-state index contributed by atoms with van der Waals surface area (Å²) in [5, 5.41) is 18.3. The fourth-order valence-corrected chi connectivity index (χ4v) is 4.86. The molecule has 1 amide bonds. The zero-order chi connectivity index (χ0) is 27.7. The quantitative estimate of drug-likeness (QED) is 0.504. The highest BCUT2D eigenvalue weighted by atomic mass is 19.1. The Labute approximate surface area is 215 Å². The van der Waals surface area contributed by atoms with Gasteiger partial charge in [0.05, 0.1) is 5.56 Å². The highest BCUT2D eigenvalue weighted by Gasteiger charge is 2.39. The number of halogens is 2. The number of hydrogen-bond donors (Lipinski definition) is 2. The molecule has 0 unspecified atom stereocenters. The van der Waals surface area contributed by atoms with E-state index in [-0.39, 0.29) is 18.2 Å². The first-order valence-corrected chi connectivity index (χ1v) is 12.6. The van der Waals surface area contributed by atoms with Crippen molar-refractivity contribution in [2.75, 3.05) is 19.6 Å². The van der Waals surface area contributed by atoms with Crippen molar-refractivity contribution in [2.24, 2.45) is 5.92 Å².